The quantitative estimate of drug-likeness (QED) is 0.909. The Kier molecular flexibility index (Phi) is 5.24. The van der Waals surface area contributed by atoms with Crippen LogP contribution in [0, 0.1) is 5.41 Å². The molecule has 0 bridgehead atoms. The number of hydrogen-bond acceptors (Lipinski definition) is 3. The maximum atomic E-state index is 12.6. The molecule has 0 fully saturated rings. The van der Waals surface area contributed by atoms with Crippen molar-refractivity contribution in [2.75, 3.05) is 20.1 Å². The molecule has 0 radical (unpaired) electrons. The summed E-state index contributed by atoms with van der Waals surface area (Å²) in [5.41, 5.74) is 6.57. The molecule has 2 N–H and O–H groups in total. The Morgan fingerprint density at radius 3 is 1.90 bits per heavy atom. The Balaban J connectivity index is 3.03. The van der Waals surface area contributed by atoms with Crippen LogP contribution in [0.1, 0.15) is 40.2 Å². The summed E-state index contributed by atoms with van der Waals surface area (Å²) in [7, 11) is -1.87. The van der Waals surface area contributed by atoms with E-state index in [2.05, 4.69) is 20.8 Å². The number of nitrogens with zero attached hydrogens (tertiary/aromatic N) is 1. The minimum absolute atomic E-state index is 0.00966. The number of hydrogen-bond donors (Lipinski definition) is 1. The molecule has 0 aliphatic heterocycles. The van der Waals surface area contributed by atoms with Crippen molar-refractivity contribution in [3.63, 3.8) is 0 Å². The first-order valence-electron chi connectivity index (χ1n) is 7.17. The highest BCUT2D eigenvalue weighted by Crippen LogP contribution is 2.25. The van der Waals surface area contributed by atoms with Gasteiger partial charge in [0.25, 0.3) is 0 Å². The van der Waals surface area contributed by atoms with Gasteiger partial charge in [0.2, 0.25) is 10.0 Å². The van der Waals surface area contributed by atoms with E-state index in [9.17, 15) is 8.42 Å². The summed E-state index contributed by atoms with van der Waals surface area (Å²) >= 11 is 0. The minimum Gasteiger partial charge on any atom is -0.330 e. The first kappa shape index (κ1) is 18.1. The van der Waals surface area contributed by atoms with Crippen molar-refractivity contribution in [3.05, 3.63) is 29.8 Å². The van der Waals surface area contributed by atoms with Crippen LogP contribution in [0.5, 0.6) is 0 Å². The minimum atomic E-state index is -3.47. The van der Waals surface area contributed by atoms with Gasteiger partial charge in [-0.3, -0.25) is 0 Å². The lowest BCUT2D eigenvalue weighted by Gasteiger charge is -2.28. The first-order chi connectivity index (χ1) is 9.40. The van der Waals surface area contributed by atoms with E-state index in [-0.39, 0.29) is 10.8 Å². The van der Waals surface area contributed by atoms with Gasteiger partial charge in [-0.25, -0.2) is 12.7 Å². The molecule has 1 aromatic carbocycles. The molecule has 1 rings (SSSR count). The monoisotopic (exact) mass is 312 g/mol. The van der Waals surface area contributed by atoms with Gasteiger partial charge in [-0.15, -0.1) is 0 Å². The van der Waals surface area contributed by atoms with Crippen LogP contribution in [-0.4, -0.2) is 32.9 Å². The average molecular weight is 312 g/mol. The van der Waals surface area contributed by atoms with Crippen molar-refractivity contribution >= 4 is 10.0 Å². The molecule has 0 unspecified atom stereocenters. The normalized spacial score (nSPS) is 13.7. The van der Waals surface area contributed by atoms with Crippen molar-refractivity contribution in [1.82, 2.24) is 4.31 Å². The van der Waals surface area contributed by atoms with Crippen molar-refractivity contribution in [2.45, 2.75) is 44.9 Å². The Morgan fingerprint density at radius 1 is 1.05 bits per heavy atom. The molecule has 0 atom stereocenters. The molecule has 0 heterocycles. The highest BCUT2D eigenvalue weighted by atomic mass is 32.2. The van der Waals surface area contributed by atoms with Crippen molar-refractivity contribution in [1.29, 1.82) is 0 Å². The second-order valence-corrected chi connectivity index (χ2v) is 9.45. The summed E-state index contributed by atoms with van der Waals surface area (Å²) in [6, 6.07) is 7.13. The van der Waals surface area contributed by atoms with Crippen LogP contribution in [0.3, 0.4) is 0 Å². The molecule has 0 aliphatic carbocycles. The SMILES string of the molecule is CN(CC(C)(C)CN)S(=O)(=O)c1ccc(C(C)(C)C)cc1. The molecular formula is C16H28N2O2S. The second-order valence-electron chi connectivity index (χ2n) is 7.40. The van der Waals surface area contributed by atoms with Crippen LogP contribution in [0.25, 0.3) is 0 Å². The predicted octanol–water partition coefficient (Wildman–Crippen LogP) is 2.59. The summed E-state index contributed by atoms with van der Waals surface area (Å²) in [6.45, 7) is 11.1. The molecule has 5 heteroatoms. The highest BCUT2D eigenvalue weighted by Gasteiger charge is 2.27. The Morgan fingerprint density at radius 2 is 1.52 bits per heavy atom. The van der Waals surface area contributed by atoms with E-state index in [1.165, 1.54) is 4.31 Å². The fourth-order valence-corrected chi connectivity index (χ4v) is 3.42. The lowest BCUT2D eigenvalue weighted by molar-refractivity contribution is 0.292. The molecule has 1 aromatic rings. The summed E-state index contributed by atoms with van der Waals surface area (Å²) in [6.07, 6.45) is 0. The summed E-state index contributed by atoms with van der Waals surface area (Å²) in [5, 5.41) is 0. The van der Waals surface area contributed by atoms with E-state index in [1.807, 2.05) is 26.0 Å². The highest BCUT2D eigenvalue weighted by molar-refractivity contribution is 7.89. The smallest absolute Gasteiger partial charge is 0.242 e. The third-order valence-corrected chi connectivity index (χ3v) is 5.45. The van der Waals surface area contributed by atoms with Crippen LogP contribution in [0.4, 0.5) is 0 Å². The lowest BCUT2D eigenvalue weighted by atomic mass is 9.87. The Labute approximate surface area is 129 Å². The molecule has 0 amide bonds. The van der Waals surface area contributed by atoms with Gasteiger partial charge >= 0.3 is 0 Å². The maximum absolute atomic E-state index is 12.6. The van der Waals surface area contributed by atoms with Crippen LogP contribution in [0.2, 0.25) is 0 Å². The zero-order valence-electron chi connectivity index (χ0n) is 14.0. The van der Waals surface area contributed by atoms with E-state index < -0.39 is 10.0 Å². The van der Waals surface area contributed by atoms with Crippen LogP contribution in [0.15, 0.2) is 29.2 Å². The summed E-state index contributed by atoms with van der Waals surface area (Å²) < 4.78 is 26.5. The average Bonchev–Trinajstić information content (AvgIpc) is 2.37. The molecule has 0 aliphatic rings. The lowest BCUT2D eigenvalue weighted by Crippen LogP contribution is -2.39. The number of sulfonamides is 1. The van der Waals surface area contributed by atoms with Gasteiger partial charge in [-0.1, -0.05) is 46.8 Å². The molecule has 0 saturated heterocycles. The number of nitrogens with two attached hydrogens (primary N) is 1. The van der Waals surface area contributed by atoms with Crippen molar-refractivity contribution < 1.29 is 8.42 Å². The van der Waals surface area contributed by atoms with Crippen molar-refractivity contribution in [3.8, 4) is 0 Å². The van der Waals surface area contributed by atoms with Gasteiger partial charge in [-0.05, 0) is 35.1 Å². The van der Waals surface area contributed by atoms with Crippen LogP contribution >= 0.6 is 0 Å². The zero-order valence-corrected chi connectivity index (χ0v) is 14.8. The number of rotatable bonds is 5. The second kappa shape index (κ2) is 6.07. The van der Waals surface area contributed by atoms with E-state index in [0.29, 0.717) is 18.0 Å². The van der Waals surface area contributed by atoms with E-state index in [1.54, 1.807) is 19.2 Å². The third kappa shape index (κ3) is 4.53. The van der Waals surface area contributed by atoms with Gasteiger partial charge < -0.3 is 5.73 Å². The Hall–Kier alpha value is -0.910. The molecule has 0 spiro atoms. The zero-order chi connectivity index (χ0) is 16.5. The van der Waals surface area contributed by atoms with E-state index >= 15 is 0 Å². The van der Waals surface area contributed by atoms with Gasteiger partial charge in [-0.2, -0.15) is 0 Å². The molecule has 0 saturated carbocycles. The van der Waals surface area contributed by atoms with Crippen LogP contribution in [-0.2, 0) is 15.4 Å². The van der Waals surface area contributed by atoms with E-state index in [4.69, 9.17) is 5.73 Å². The molecule has 120 valence electrons. The standard InChI is InChI=1S/C16H28N2O2S/c1-15(2,3)13-7-9-14(10-8-13)21(19,20)18(6)12-16(4,5)11-17/h7-10H,11-12,17H2,1-6H3. The van der Waals surface area contributed by atoms with Gasteiger partial charge in [0.05, 0.1) is 4.90 Å². The van der Waals surface area contributed by atoms with Gasteiger partial charge in [0, 0.05) is 13.6 Å². The number of benzene rings is 1. The van der Waals surface area contributed by atoms with Gasteiger partial charge in [0.1, 0.15) is 0 Å². The van der Waals surface area contributed by atoms with Gasteiger partial charge in [0.15, 0.2) is 0 Å². The third-order valence-electron chi connectivity index (χ3n) is 3.63. The summed E-state index contributed by atoms with van der Waals surface area (Å²) in [5.74, 6) is 0. The Bertz CT molecular complexity index is 569. The molecule has 0 aromatic heterocycles. The maximum Gasteiger partial charge on any atom is 0.242 e. The van der Waals surface area contributed by atoms with E-state index in [0.717, 1.165) is 5.56 Å². The largest absolute Gasteiger partial charge is 0.330 e. The van der Waals surface area contributed by atoms with Crippen molar-refractivity contribution in [2.24, 2.45) is 11.1 Å². The molecule has 4 nitrogen and oxygen atoms in total. The predicted molar refractivity (Wildman–Crippen MR) is 87.8 cm³/mol. The summed E-state index contributed by atoms with van der Waals surface area (Å²) in [4.78, 5) is 0.325. The molecular weight excluding hydrogens is 284 g/mol. The first-order valence-corrected chi connectivity index (χ1v) is 8.61. The fourth-order valence-electron chi connectivity index (χ4n) is 2.06. The fraction of sp³-hybridized carbons (Fsp3) is 0.625. The molecule has 21 heavy (non-hydrogen) atoms. The topological polar surface area (TPSA) is 63.4 Å². The van der Waals surface area contributed by atoms with Crippen LogP contribution < -0.4 is 5.73 Å².